The number of hydrogen-bond donors (Lipinski definition) is 3. The molecule has 0 saturated heterocycles. The predicted molar refractivity (Wildman–Crippen MR) is 126 cm³/mol. The van der Waals surface area contributed by atoms with Gasteiger partial charge in [-0.05, 0) is 47.9 Å². The second kappa shape index (κ2) is 9.37. The number of benzene rings is 2. The summed E-state index contributed by atoms with van der Waals surface area (Å²) in [6, 6.07) is 9.62. The monoisotopic (exact) mass is 523 g/mol. The first-order valence-electron chi connectivity index (χ1n) is 10.2. The molecule has 0 spiro atoms. The molecule has 1 amide bonds. The van der Waals surface area contributed by atoms with Crippen LogP contribution in [0.4, 0.5) is 19.1 Å². The van der Waals surface area contributed by atoms with Crippen LogP contribution in [0.2, 0.25) is 10.0 Å². The predicted octanol–water partition coefficient (Wildman–Crippen LogP) is 4.83. The minimum absolute atomic E-state index is 0.00966. The zero-order valence-corrected chi connectivity index (χ0v) is 19.6. The molecule has 12 heteroatoms. The second-order valence-electron chi connectivity index (χ2n) is 7.83. The van der Waals surface area contributed by atoms with Crippen molar-refractivity contribution >= 4 is 40.7 Å². The molecule has 2 aromatic heterocycles. The highest BCUT2D eigenvalue weighted by atomic mass is 35.5. The topological polar surface area (TPSA) is 106 Å². The Morgan fingerprint density at radius 1 is 1.20 bits per heavy atom. The van der Waals surface area contributed by atoms with Gasteiger partial charge in [0.2, 0.25) is 5.95 Å². The van der Waals surface area contributed by atoms with Crippen LogP contribution in [0.1, 0.15) is 27.6 Å². The molecule has 0 fully saturated rings. The fourth-order valence-electron chi connectivity index (χ4n) is 3.55. The summed E-state index contributed by atoms with van der Waals surface area (Å²) in [7, 11) is 0. The summed E-state index contributed by atoms with van der Waals surface area (Å²) in [6.07, 6.45) is -0.755. The summed E-state index contributed by atoms with van der Waals surface area (Å²) in [5, 5.41) is 16.2. The first kappa shape index (κ1) is 24.8. The number of nitrogens with two attached hydrogens (primary N) is 1. The Labute approximate surface area is 207 Å². The second-order valence-corrected chi connectivity index (χ2v) is 8.64. The Bertz CT molecular complexity index is 1440. The van der Waals surface area contributed by atoms with E-state index in [1.807, 2.05) is 5.32 Å². The SMILES string of the molecule is Cc1ccc(-c2ccn3nc(N)nc3c2)c(F)c1C(=O)NCC(F)(F)[C@@H](O)c1ccc(Cl)c(Cl)c1. The van der Waals surface area contributed by atoms with Crippen LogP contribution in [0.5, 0.6) is 0 Å². The van der Waals surface area contributed by atoms with Crippen molar-refractivity contribution in [1.29, 1.82) is 0 Å². The van der Waals surface area contributed by atoms with Gasteiger partial charge in [0.05, 0.1) is 22.2 Å². The number of aromatic nitrogens is 3. The van der Waals surface area contributed by atoms with Crippen molar-refractivity contribution in [2.45, 2.75) is 19.0 Å². The molecule has 0 radical (unpaired) electrons. The maximum atomic E-state index is 15.4. The number of aliphatic hydroxyl groups excluding tert-OH is 1. The van der Waals surface area contributed by atoms with Gasteiger partial charge < -0.3 is 16.2 Å². The van der Waals surface area contributed by atoms with E-state index >= 15 is 4.39 Å². The molecule has 182 valence electrons. The third-order valence-electron chi connectivity index (χ3n) is 5.39. The summed E-state index contributed by atoms with van der Waals surface area (Å²) in [6.45, 7) is 0.230. The molecular weight excluding hydrogens is 506 g/mol. The number of nitrogens with zero attached hydrogens (tertiary/aromatic N) is 3. The molecule has 0 aliphatic heterocycles. The maximum absolute atomic E-state index is 15.4. The molecule has 0 aliphatic carbocycles. The molecule has 2 aromatic carbocycles. The minimum atomic E-state index is -3.78. The molecule has 4 aromatic rings. The van der Waals surface area contributed by atoms with Crippen molar-refractivity contribution in [3.8, 4) is 11.1 Å². The number of carbonyl (C=O) groups excluding carboxylic acids is 1. The van der Waals surface area contributed by atoms with Crippen LogP contribution in [0, 0.1) is 12.7 Å². The van der Waals surface area contributed by atoms with Crippen LogP contribution in [0.3, 0.4) is 0 Å². The minimum Gasteiger partial charge on any atom is -0.382 e. The van der Waals surface area contributed by atoms with E-state index in [1.165, 1.54) is 48.0 Å². The van der Waals surface area contributed by atoms with Gasteiger partial charge in [0, 0.05) is 11.8 Å². The lowest BCUT2D eigenvalue weighted by molar-refractivity contribution is -0.106. The fraction of sp³-hybridized carbons (Fsp3) is 0.174. The number of amides is 1. The van der Waals surface area contributed by atoms with Gasteiger partial charge in [-0.15, -0.1) is 5.10 Å². The van der Waals surface area contributed by atoms with E-state index in [-0.39, 0.29) is 32.7 Å². The summed E-state index contributed by atoms with van der Waals surface area (Å²) < 4.78 is 46.1. The first-order chi connectivity index (χ1) is 16.5. The average Bonchev–Trinajstić information content (AvgIpc) is 3.18. The van der Waals surface area contributed by atoms with Crippen molar-refractivity contribution in [3.63, 3.8) is 0 Å². The highest BCUT2D eigenvalue weighted by Crippen LogP contribution is 2.34. The Morgan fingerprint density at radius 2 is 1.94 bits per heavy atom. The maximum Gasteiger partial charge on any atom is 0.294 e. The molecular formula is C23H18Cl2F3N5O2. The van der Waals surface area contributed by atoms with E-state index in [0.29, 0.717) is 11.2 Å². The van der Waals surface area contributed by atoms with Crippen LogP contribution in [0.15, 0.2) is 48.7 Å². The van der Waals surface area contributed by atoms with Gasteiger partial charge in [-0.1, -0.05) is 41.4 Å². The van der Waals surface area contributed by atoms with Gasteiger partial charge in [0.15, 0.2) is 5.65 Å². The standard InChI is InChI=1S/C23H18Cl2F3N5O2/c1-11-2-4-14(12-6-7-33-17(9-12)31-22(29)32-33)19(26)18(11)21(35)30-10-23(27,28)20(34)13-3-5-15(24)16(25)8-13/h2-9,20,34H,10H2,1H3,(H2,29,32)(H,30,35)/t20-/m0/s1. The number of aryl methyl sites for hydroxylation is 1. The van der Waals surface area contributed by atoms with Gasteiger partial charge in [0.1, 0.15) is 11.9 Å². The van der Waals surface area contributed by atoms with Crippen molar-refractivity contribution in [3.05, 3.63) is 81.2 Å². The molecule has 0 bridgehead atoms. The summed E-state index contributed by atoms with van der Waals surface area (Å²) in [4.78, 5) is 16.8. The highest BCUT2D eigenvalue weighted by Gasteiger charge is 2.40. The van der Waals surface area contributed by atoms with Crippen LogP contribution < -0.4 is 11.1 Å². The number of aliphatic hydroxyl groups is 1. The molecule has 7 nitrogen and oxygen atoms in total. The zero-order chi connectivity index (χ0) is 25.5. The van der Waals surface area contributed by atoms with Crippen LogP contribution >= 0.6 is 23.2 Å². The number of fused-ring (bicyclic) bond motifs is 1. The largest absolute Gasteiger partial charge is 0.382 e. The third-order valence-corrected chi connectivity index (χ3v) is 6.13. The summed E-state index contributed by atoms with van der Waals surface area (Å²) in [5.41, 5.74) is 6.04. The average molecular weight is 524 g/mol. The van der Waals surface area contributed by atoms with E-state index in [4.69, 9.17) is 28.9 Å². The smallest absolute Gasteiger partial charge is 0.294 e. The van der Waals surface area contributed by atoms with E-state index in [1.54, 1.807) is 6.07 Å². The molecule has 4 N–H and O–H groups in total. The normalized spacial score (nSPS) is 12.7. The van der Waals surface area contributed by atoms with Gasteiger partial charge in [-0.25, -0.2) is 17.7 Å². The van der Waals surface area contributed by atoms with Crippen molar-refractivity contribution < 1.29 is 23.1 Å². The number of rotatable bonds is 6. The van der Waals surface area contributed by atoms with Crippen LogP contribution in [-0.4, -0.2) is 38.1 Å². The lowest BCUT2D eigenvalue weighted by atomic mass is 9.98. The molecule has 0 unspecified atom stereocenters. The molecule has 0 saturated carbocycles. The number of anilines is 1. The Hall–Kier alpha value is -3.34. The summed E-state index contributed by atoms with van der Waals surface area (Å²) >= 11 is 11.6. The summed E-state index contributed by atoms with van der Waals surface area (Å²) in [5.74, 6) is -5.70. The lowest BCUT2D eigenvalue weighted by Gasteiger charge is -2.24. The number of nitrogens with one attached hydrogen (secondary N) is 1. The quantitative estimate of drug-likeness (QED) is 0.335. The van der Waals surface area contributed by atoms with Crippen molar-refractivity contribution in [1.82, 2.24) is 19.9 Å². The third kappa shape index (κ3) is 4.90. The number of hydrogen-bond acceptors (Lipinski definition) is 5. The van der Waals surface area contributed by atoms with Gasteiger partial charge in [-0.3, -0.25) is 4.79 Å². The number of nitrogen functional groups attached to an aromatic ring is 1. The Balaban J connectivity index is 1.57. The van der Waals surface area contributed by atoms with Crippen molar-refractivity contribution in [2.24, 2.45) is 0 Å². The number of halogens is 5. The van der Waals surface area contributed by atoms with E-state index in [2.05, 4.69) is 10.1 Å². The molecule has 1 atom stereocenters. The van der Waals surface area contributed by atoms with Crippen molar-refractivity contribution in [2.75, 3.05) is 12.3 Å². The Kier molecular flexibility index (Phi) is 6.63. The number of pyridine rings is 1. The van der Waals surface area contributed by atoms with Gasteiger partial charge in [0.25, 0.3) is 11.8 Å². The fourth-order valence-corrected chi connectivity index (χ4v) is 3.86. The molecule has 35 heavy (non-hydrogen) atoms. The lowest BCUT2D eigenvalue weighted by Crippen LogP contribution is -2.41. The molecule has 0 aliphatic rings. The van der Waals surface area contributed by atoms with E-state index in [9.17, 15) is 18.7 Å². The van der Waals surface area contributed by atoms with E-state index < -0.39 is 35.9 Å². The highest BCUT2D eigenvalue weighted by molar-refractivity contribution is 6.42. The molecule has 4 rings (SSSR count). The van der Waals surface area contributed by atoms with Crippen LogP contribution in [-0.2, 0) is 0 Å². The van der Waals surface area contributed by atoms with Gasteiger partial charge in [-0.2, -0.15) is 4.98 Å². The van der Waals surface area contributed by atoms with E-state index in [0.717, 1.165) is 6.07 Å². The first-order valence-corrected chi connectivity index (χ1v) is 10.9. The Morgan fingerprint density at radius 3 is 2.66 bits per heavy atom. The van der Waals surface area contributed by atoms with Gasteiger partial charge >= 0.3 is 0 Å². The zero-order valence-electron chi connectivity index (χ0n) is 18.1. The number of carbonyl (C=O) groups is 1. The van der Waals surface area contributed by atoms with Crippen LogP contribution in [0.25, 0.3) is 16.8 Å². The number of alkyl halides is 2. The molecule has 2 heterocycles.